The third-order valence-electron chi connectivity index (χ3n) is 2.94. The van der Waals surface area contributed by atoms with E-state index >= 15 is 0 Å². The summed E-state index contributed by atoms with van der Waals surface area (Å²) in [5.74, 6) is 0.988. The molecule has 0 bridgehead atoms. The second kappa shape index (κ2) is 10.8. The molecule has 4 heteroatoms. The second-order valence-corrected chi connectivity index (χ2v) is 11.6. The minimum Gasteiger partial charge on any atom is -0.358 e. The van der Waals surface area contributed by atoms with Crippen molar-refractivity contribution in [1.82, 2.24) is 5.32 Å². The molecular formula is C17H35NOS2. The fourth-order valence-electron chi connectivity index (χ4n) is 2.16. The first-order chi connectivity index (χ1) is 9.64. The van der Waals surface area contributed by atoms with Crippen molar-refractivity contribution in [3.05, 3.63) is 0 Å². The van der Waals surface area contributed by atoms with Gasteiger partial charge in [-0.1, -0.05) is 60.8 Å². The summed E-state index contributed by atoms with van der Waals surface area (Å²) < 4.78 is 0.784. The first-order valence-corrected chi connectivity index (χ1v) is 9.99. The van der Waals surface area contributed by atoms with Crippen LogP contribution < -0.4 is 5.32 Å². The number of nitrogens with one attached hydrogen (secondary N) is 1. The molecule has 1 aliphatic carbocycles. The van der Waals surface area contributed by atoms with E-state index in [4.69, 9.17) is 0 Å². The second-order valence-electron chi connectivity index (χ2n) is 7.52. The molecule has 126 valence electrons. The molecule has 0 aliphatic heterocycles. The van der Waals surface area contributed by atoms with Crippen LogP contribution in [0.3, 0.4) is 0 Å². The Hall–Kier alpha value is 0.170. The van der Waals surface area contributed by atoms with E-state index in [1.807, 2.05) is 11.8 Å². The molecule has 0 atom stereocenters. The predicted octanol–water partition coefficient (Wildman–Crippen LogP) is 5.11. The van der Waals surface area contributed by atoms with Gasteiger partial charge >= 0.3 is 0 Å². The molecule has 0 spiro atoms. The number of rotatable bonds is 5. The maximum Gasteiger partial charge on any atom is 0.207 e. The number of carbonyl (C=O) groups excluding carboxylic acids is 1. The molecule has 0 heterocycles. The van der Waals surface area contributed by atoms with Crippen molar-refractivity contribution in [3.8, 4) is 0 Å². The highest BCUT2D eigenvalue weighted by Crippen LogP contribution is 2.36. The topological polar surface area (TPSA) is 29.1 Å². The smallest absolute Gasteiger partial charge is 0.207 e. The van der Waals surface area contributed by atoms with E-state index in [1.165, 1.54) is 32.1 Å². The highest BCUT2D eigenvalue weighted by atomic mass is 32.2. The van der Waals surface area contributed by atoms with Crippen LogP contribution in [0.2, 0.25) is 0 Å². The molecule has 1 N–H and O–H groups in total. The summed E-state index contributed by atoms with van der Waals surface area (Å²) in [7, 11) is 0. The largest absolute Gasteiger partial charge is 0.358 e. The van der Waals surface area contributed by atoms with Gasteiger partial charge in [-0.2, -0.15) is 23.5 Å². The van der Waals surface area contributed by atoms with Crippen LogP contribution in [0.4, 0.5) is 0 Å². The van der Waals surface area contributed by atoms with Gasteiger partial charge in [0.25, 0.3) is 0 Å². The fourth-order valence-corrected chi connectivity index (χ4v) is 4.56. The van der Waals surface area contributed by atoms with Crippen LogP contribution >= 0.6 is 23.5 Å². The quantitative estimate of drug-likeness (QED) is 0.559. The fraction of sp³-hybridized carbons (Fsp3) is 0.941. The molecular weight excluding hydrogens is 298 g/mol. The summed E-state index contributed by atoms with van der Waals surface area (Å²) in [4.78, 5) is 9.81. The van der Waals surface area contributed by atoms with Crippen molar-refractivity contribution >= 4 is 29.9 Å². The van der Waals surface area contributed by atoms with Gasteiger partial charge in [0.15, 0.2) is 0 Å². The lowest BCUT2D eigenvalue weighted by Crippen LogP contribution is -2.18. The van der Waals surface area contributed by atoms with E-state index in [0.29, 0.717) is 9.49 Å². The van der Waals surface area contributed by atoms with Crippen LogP contribution in [-0.2, 0) is 4.79 Å². The number of hydrogen-bond donors (Lipinski definition) is 1. The molecule has 0 saturated heterocycles. The van der Waals surface area contributed by atoms with E-state index in [0.717, 1.165) is 24.0 Å². The zero-order valence-electron chi connectivity index (χ0n) is 14.8. The molecule has 0 unspecified atom stereocenters. The average molecular weight is 334 g/mol. The van der Waals surface area contributed by atoms with Gasteiger partial charge in [0.1, 0.15) is 0 Å². The van der Waals surface area contributed by atoms with E-state index in [2.05, 4.69) is 58.6 Å². The zero-order chi connectivity index (χ0) is 16.4. The van der Waals surface area contributed by atoms with E-state index in [-0.39, 0.29) is 0 Å². The molecule has 0 aromatic carbocycles. The molecule has 21 heavy (non-hydrogen) atoms. The van der Waals surface area contributed by atoms with Crippen LogP contribution in [0.1, 0.15) is 73.6 Å². The van der Waals surface area contributed by atoms with Crippen LogP contribution in [0.15, 0.2) is 0 Å². The average Bonchev–Trinajstić information content (AvgIpc) is 2.33. The van der Waals surface area contributed by atoms with Gasteiger partial charge in [-0.05, 0) is 12.8 Å². The third-order valence-corrected chi connectivity index (χ3v) is 5.72. The molecule has 2 nitrogen and oxygen atoms in total. The summed E-state index contributed by atoms with van der Waals surface area (Å²) in [6.07, 6.45) is 8.07. The Balaban J connectivity index is 0.000000384. The molecule has 1 rings (SSSR count). The SMILES string of the molecule is CC(C)(C)SC1CCCCC1.CC(C)(C)SCCNC=O. The normalized spacial score (nSPS) is 16.9. The monoisotopic (exact) mass is 333 g/mol. The Kier molecular flexibility index (Phi) is 10.9. The van der Waals surface area contributed by atoms with Gasteiger partial charge in [-0.3, -0.25) is 4.79 Å². The number of thioether (sulfide) groups is 2. The predicted molar refractivity (Wildman–Crippen MR) is 100 cm³/mol. The first-order valence-electron chi connectivity index (χ1n) is 8.13. The third kappa shape index (κ3) is 16.4. The van der Waals surface area contributed by atoms with Gasteiger partial charge in [0.2, 0.25) is 6.41 Å². The Morgan fingerprint density at radius 1 is 1.00 bits per heavy atom. The van der Waals surface area contributed by atoms with Crippen LogP contribution in [0, 0.1) is 0 Å². The van der Waals surface area contributed by atoms with Crippen LogP contribution in [0.25, 0.3) is 0 Å². The highest BCUT2D eigenvalue weighted by molar-refractivity contribution is 8.01. The zero-order valence-corrected chi connectivity index (χ0v) is 16.5. The summed E-state index contributed by atoms with van der Waals surface area (Å²) in [6.45, 7) is 14.2. The van der Waals surface area contributed by atoms with Crippen LogP contribution in [0.5, 0.6) is 0 Å². The lowest BCUT2D eigenvalue weighted by atomic mass is 10.0. The van der Waals surface area contributed by atoms with Crippen molar-refractivity contribution in [3.63, 3.8) is 0 Å². The van der Waals surface area contributed by atoms with Gasteiger partial charge in [-0.15, -0.1) is 0 Å². The summed E-state index contributed by atoms with van der Waals surface area (Å²) in [6, 6.07) is 0. The summed E-state index contributed by atoms with van der Waals surface area (Å²) in [5.41, 5.74) is 0. The maximum absolute atomic E-state index is 9.81. The van der Waals surface area contributed by atoms with Crippen molar-refractivity contribution in [2.24, 2.45) is 0 Å². The molecule has 1 aliphatic rings. The minimum absolute atomic E-state index is 0.310. The Bertz CT molecular complexity index is 263. The Labute approximate surface area is 141 Å². The minimum atomic E-state index is 0.310. The molecule has 0 radical (unpaired) electrons. The summed E-state index contributed by atoms with van der Waals surface area (Å²) in [5, 5.41) is 3.58. The lowest BCUT2D eigenvalue weighted by molar-refractivity contribution is -0.109. The highest BCUT2D eigenvalue weighted by Gasteiger charge is 2.20. The Morgan fingerprint density at radius 3 is 2.00 bits per heavy atom. The van der Waals surface area contributed by atoms with Crippen molar-refractivity contribution in [1.29, 1.82) is 0 Å². The van der Waals surface area contributed by atoms with Crippen molar-refractivity contribution in [2.45, 2.75) is 88.4 Å². The van der Waals surface area contributed by atoms with Gasteiger partial charge in [0.05, 0.1) is 0 Å². The first kappa shape index (κ1) is 21.2. The van der Waals surface area contributed by atoms with E-state index < -0.39 is 0 Å². The van der Waals surface area contributed by atoms with Gasteiger partial charge < -0.3 is 5.32 Å². The van der Waals surface area contributed by atoms with Crippen LogP contribution in [-0.4, -0.2) is 33.5 Å². The van der Waals surface area contributed by atoms with E-state index in [9.17, 15) is 4.79 Å². The standard InChI is InChI=1S/C10H20S.C7H15NOS/c1-10(2,3)11-9-7-5-4-6-8-9;1-7(2,3)10-5-4-8-6-9/h9H,4-8H2,1-3H3;6H,4-5H2,1-3H3,(H,8,9). The summed E-state index contributed by atoms with van der Waals surface area (Å²) >= 11 is 4.03. The maximum atomic E-state index is 9.81. The van der Waals surface area contributed by atoms with Crippen molar-refractivity contribution < 1.29 is 4.79 Å². The molecule has 1 amide bonds. The molecule has 1 saturated carbocycles. The Morgan fingerprint density at radius 2 is 1.57 bits per heavy atom. The lowest BCUT2D eigenvalue weighted by Gasteiger charge is -2.28. The number of hydrogen-bond acceptors (Lipinski definition) is 3. The molecule has 0 aromatic rings. The van der Waals surface area contributed by atoms with Gasteiger partial charge in [-0.25, -0.2) is 0 Å². The number of amides is 1. The molecule has 1 fully saturated rings. The van der Waals surface area contributed by atoms with E-state index in [1.54, 1.807) is 0 Å². The van der Waals surface area contributed by atoms with Crippen molar-refractivity contribution in [2.75, 3.05) is 12.3 Å². The number of carbonyl (C=O) groups is 1. The van der Waals surface area contributed by atoms with Gasteiger partial charge in [0, 0.05) is 27.0 Å². The molecule has 0 aromatic heterocycles.